The lowest BCUT2D eigenvalue weighted by molar-refractivity contribution is -0.149. The van der Waals surface area contributed by atoms with E-state index in [1.165, 1.54) is 0 Å². The first-order chi connectivity index (χ1) is 10.1. The number of nitrogens with zero attached hydrogens (tertiary/aromatic N) is 4. The number of aromatic nitrogens is 4. The fraction of sp³-hybridized carbons (Fsp3) is 0.429. The van der Waals surface area contributed by atoms with E-state index in [4.69, 9.17) is 11.6 Å². The largest absolute Gasteiger partial charge is 0.481 e. The summed E-state index contributed by atoms with van der Waals surface area (Å²) in [6.07, 6.45) is 6.68. The van der Waals surface area contributed by atoms with Gasteiger partial charge in [-0.15, -0.1) is 5.10 Å². The molecule has 1 saturated carbocycles. The molecule has 2 aromatic heterocycles. The maximum absolute atomic E-state index is 11.6. The third-order valence-corrected chi connectivity index (χ3v) is 4.26. The number of halogens is 1. The van der Waals surface area contributed by atoms with E-state index in [0.29, 0.717) is 30.2 Å². The number of aliphatic carboxylic acids is 1. The van der Waals surface area contributed by atoms with Crippen molar-refractivity contribution in [3.8, 4) is 11.3 Å². The van der Waals surface area contributed by atoms with Crippen LogP contribution in [-0.4, -0.2) is 31.1 Å². The summed E-state index contributed by atoms with van der Waals surface area (Å²) >= 11 is 5.75. The topological polar surface area (TPSA) is 80.9 Å². The van der Waals surface area contributed by atoms with Crippen molar-refractivity contribution in [1.82, 2.24) is 20.0 Å². The monoisotopic (exact) mass is 306 g/mol. The lowest BCUT2D eigenvalue weighted by Gasteiger charge is -2.22. The van der Waals surface area contributed by atoms with Crippen LogP contribution in [0.15, 0.2) is 24.5 Å². The van der Waals surface area contributed by atoms with Gasteiger partial charge in [0.25, 0.3) is 0 Å². The summed E-state index contributed by atoms with van der Waals surface area (Å²) in [5.41, 5.74) is 0.766. The van der Waals surface area contributed by atoms with Crippen molar-refractivity contribution in [3.05, 3.63) is 29.7 Å². The van der Waals surface area contributed by atoms with Gasteiger partial charge in [0.05, 0.1) is 18.2 Å². The van der Waals surface area contributed by atoms with Crippen LogP contribution in [0.5, 0.6) is 0 Å². The minimum Gasteiger partial charge on any atom is -0.481 e. The van der Waals surface area contributed by atoms with Crippen LogP contribution in [0.1, 0.15) is 25.7 Å². The van der Waals surface area contributed by atoms with Crippen molar-refractivity contribution in [2.75, 3.05) is 0 Å². The van der Waals surface area contributed by atoms with Crippen LogP contribution < -0.4 is 0 Å². The molecule has 0 spiro atoms. The van der Waals surface area contributed by atoms with Crippen LogP contribution in [0, 0.1) is 5.41 Å². The van der Waals surface area contributed by atoms with Gasteiger partial charge in [0.1, 0.15) is 10.8 Å². The van der Waals surface area contributed by atoms with Gasteiger partial charge in [-0.3, -0.25) is 9.48 Å². The molecule has 3 rings (SSSR count). The summed E-state index contributed by atoms with van der Waals surface area (Å²) in [7, 11) is 0. The van der Waals surface area contributed by atoms with E-state index in [1.807, 2.05) is 6.07 Å². The highest BCUT2D eigenvalue weighted by Crippen LogP contribution is 2.39. The lowest BCUT2D eigenvalue weighted by Crippen LogP contribution is -2.33. The molecule has 110 valence electrons. The summed E-state index contributed by atoms with van der Waals surface area (Å²) in [6.45, 7) is 0.357. The summed E-state index contributed by atoms with van der Waals surface area (Å²) < 4.78 is 1.61. The second-order valence-corrected chi connectivity index (χ2v) is 5.85. The molecule has 2 heterocycles. The zero-order chi connectivity index (χ0) is 14.9. The normalized spacial score (nSPS) is 17.0. The maximum atomic E-state index is 11.6. The molecular weight excluding hydrogens is 292 g/mol. The van der Waals surface area contributed by atoms with Crippen LogP contribution in [0.4, 0.5) is 0 Å². The van der Waals surface area contributed by atoms with Crippen LogP contribution >= 0.6 is 11.6 Å². The molecule has 21 heavy (non-hydrogen) atoms. The van der Waals surface area contributed by atoms with Crippen molar-refractivity contribution < 1.29 is 9.90 Å². The van der Waals surface area contributed by atoms with Crippen LogP contribution in [-0.2, 0) is 11.3 Å². The first-order valence-electron chi connectivity index (χ1n) is 6.85. The molecule has 2 aromatic rings. The number of rotatable bonds is 4. The maximum Gasteiger partial charge on any atom is 0.311 e. The third kappa shape index (κ3) is 2.76. The Morgan fingerprint density at radius 3 is 2.76 bits per heavy atom. The van der Waals surface area contributed by atoms with Gasteiger partial charge >= 0.3 is 5.97 Å². The molecule has 7 heteroatoms. The first-order valence-corrected chi connectivity index (χ1v) is 7.22. The minimum atomic E-state index is -0.745. The van der Waals surface area contributed by atoms with Crippen molar-refractivity contribution in [2.45, 2.75) is 32.2 Å². The van der Waals surface area contributed by atoms with Gasteiger partial charge in [0.15, 0.2) is 0 Å². The fourth-order valence-electron chi connectivity index (χ4n) is 2.84. The molecule has 1 aliphatic rings. The molecule has 0 aliphatic heterocycles. The zero-order valence-corrected chi connectivity index (χ0v) is 12.1. The molecule has 0 saturated heterocycles. The highest BCUT2D eigenvalue weighted by atomic mass is 35.5. The second-order valence-electron chi connectivity index (χ2n) is 5.46. The van der Waals surface area contributed by atoms with E-state index in [1.54, 1.807) is 23.1 Å². The third-order valence-electron chi connectivity index (χ3n) is 4.04. The Bertz CT molecular complexity index is 647. The molecule has 1 N–H and O–H groups in total. The second kappa shape index (κ2) is 5.44. The summed E-state index contributed by atoms with van der Waals surface area (Å²) in [6, 6.07) is 3.50. The predicted molar refractivity (Wildman–Crippen MR) is 76.8 cm³/mol. The SMILES string of the molecule is O=C(O)C1(Cn2cc(-c3ccc(Cl)nc3)nn2)CCCC1. The first kappa shape index (κ1) is 14.0. The molecule has 6 nitrogen and oxygen atoms in total. The van der Waals surface area contributed by atoms with Crippen molar-refractivity contribution in [1.29, 1.82) is 0 Å². The highest BCUT2D eigenvalue weighted by Gasteiger charge is 2.42. The number of carbonyl (C=O) groups is 1. The standard InChI is InChI=1S/C14H15ClN4O2/c15-12-4-3-10(7-16-12)11-8-19(18-17-11)9-14(13(20)21)5-1-2-6-14/h3-4,7-8H,1-2,5-6,9H2,(H,20,21). The van der Waals surface area contributed by atoms with Crippen molar-refractivity contribution >= 4 is 17.6 Å². The average molecular weight is 307 g/mol. The van der Waals surface area contributed by atoms with Gasteiger partial charge in [-0.25, -0.2) is 4.98 Å². The number of hydrogen-bond donors (Lipinski definition) is 1. The van der Waals surface area contributed by atoms with Crippen LogP contribution in [0.25, 0.3) is 11.3 Å². The Kier molecular flexibility index (Phi) is 3.63. The molecular formula is C14H15ClN4O2. The van der Waals surface area contributed by atoms with Gasteiger partial charge in [-0.2, -0.15) is 0 Å². The molecule has 1 fully saturated rings. The van der Waals surface area contributed by atoms with Crippen LogP contribution in [0.3, 0.4) is 0 Å². The number of carboxylic acid groups (broad SMARTS) is 1. The smallest absolute Gasteiger partial charge is 0.311 e. The average Bonchev–Trinajstić information content (AvgIpc) is 3.10. The number of carboxylic acids is 1. The molecule has 0 bridgehead atoms. The summed E-state index contributed by atoms with van der Waals surface area (Å²) in [4.78, 5) is 15.6. The minimum absolute atomic E-state index is 0.357. The Hall–Kier alpha value is -1.95. The van der Waals surface area contributed by atoms with Gasteiger partial charge in [0, 0.05) is 11.8 Å². The van der Waals surface area contributed by atoms with E-state index in [2.05, 4.69) is 15.3 Å². The Labute approximate surface area is 126 Å². The van der Waals surface area contributed by atoms with E-state index in [9.17, 15) is 9.90 Å². The Balaban J connectivity index is 1.82. The highest BCUT2D eigenvalue weighted by molar-refractivity contribution is 6.29. The molecule has 0 aromatic carbocycles. The zero-order valence-electron chi connectivity index (χ0n) is 11.4. The number of pyridine rings is 1. The van der Waals surface area contributed by atoms with Gasteiger partial charge in [-0.1, -0.05) is 29.7 Å². The van der Waals surface area contributed by atoms with Gasteiger partial charge in [-0.05, 0) is 25.0 Å². The fourth-order valence-corrected chi connectivity index (χ4v) is 2.95. The van der Waals surface area contributed by atoms with E-state index >= 15 is 0 Å². The van der Waals surface area contributed by atoms with E-state index < -0.39 is 11.4 Å². The summed E-state index contributed by atoms with van der Waals surface area (Å²) in [5, 5.41) is 18.0. The van der Waals surface area contributed by atoms with Gasteiger partial charge in [0.2, 0.25) is 0 Å². The quantitative estimate of drug-likeness (QED) is 0.878. The molecule has 0 unspecified atom stereocenters. The van der Waals surface area contributed by atoms with E-state index in [-0.39, 0.29) is 0 Å². The number of hydrogen-bond acceptors (Lipinski definition) is 4. The Morgan fingerprint density at radius 2 is 2.14 bits per heavy atom. The summed E-state index contributed by atoms with van der Waals surface area (Å²) in [5.74, 6) is -0.745. The van der Waals surface area contributed by atoms with Gasteiger partial charge < -0.3 is 5.11 Å². The molecule has 0 amide bonds. The lowest BCUT2D eigenvalue weighted by atomic mass is 9.86. The molecule has 0 radical (unpaired) electrons. The molecule has 0 atom stereocenters. The van der Waals surface area contributed by atoms with Crippen molar-refractivity contribution in [3.63, 3.8) is 0 Å². The van der Waals surface area contributed by atoms with E-state index in [0.717, 1.165) is 18.4 Å². The Morgan fingerprint density at radius 1 is 1.38 bits per heavy atom. The van der Waals surface area contributed by atoms with Crippen LogP contribution in [0.2, 0.25) is 5.15 Å². The predicted octanol–water partition coefficient (Wildman–Crippen LogP) is 2.64. The van der Waals surface area contributed by atoms with Crippen molar-refractivity contribution in [2.24, 2.45) is 5.41 Å². The molecule has 1 aliphatic carbocycles.